The second-order valence-electron chi connectivity index (χ2n) is 7.76. The number of nitrogens with zero attached hydrogens (tertiary/aromatic N) is 2. The molecular weight excluding hydrogens is 355 g/mol. The maximum atomic E-state index is 12.8. The second kappa shape index (κ2) is 8.09. The van der Waals surface area contributed by atoms with Crippen molar-refractivity contribution in [3.63, 3.8) is 0 Å². The molecule has 1 aromatic rings. The van der Waals surface area contributed by atoms with E-state index in [0.29, 0.717) is 11.6 Å². The van der Waals surface area contributed by atoms with Gasteiger partial charge in [-0.3, -0.25) is 9.69 Å². The zero-order chi connectivity index (χ0) is 19.6. The number of anilines is 1. The molecule has 1 aliphatic heterocycles. The molecule has 150 valence electrons. The maximum absolute atomic E-state index is 12.8. The minimum absolute atomic E-state index is 0.0197. The average molecular weight is 383 g/mol. The van der Waals surface area contributed by atoms with E-state index in [0.717, 1.165) is 44.5 Å². The van der Waals surface area contributed by atoms with Gasteiger partial charge in [0.25, 0.3) is 0 Å². The van der Waals surface area contributed by atoms with E-state index in [4.69, 9.17) is 5.73 Å². The molecule has 1 saturated carbocycles. The fraction of sp³-hybridized carbons (Fsp3) is 0.650. The highest BCUT2D eigenvalue weighted by Crippen LogP contribution is 2.32. The van der Waals surface area contributed by atoms with Gasteiger partial charge in [0.1, 0.15) is 0 Å². The van der Waals surface area contributed by atoms with E-state index in [9.17, 15) is 18.0 Å². The molecule has 4 nitrogen and oxygen atoms in total. The molecule has 1 heterocycles. The minimum Gasteiger partial charge on any atom is -0.398 e. The van der Waals surface area contributed by atoms with Crippen molar-refractivity contribution >= 4 is 11.6 Å². The number of rotatable bonds is 4. The lowest BCUT2D eigenvalue weighted by Crippen LogP contribution is -2.53. The lowest BCUT2D eigenvalue weighted by atomic mass is 9.88. The lowest BCUT2D eigenvalue weighted by molar-refractivity contribution is -0.137. The molecule has 2 unspecified atom stereocenters. The number of hydrogen-bond acceptors (Lipinski definition) is 3. The highest BCUT2D eigenvalue weighted by atomic mass is 19.4. The van der Waals surface area contributed by atoms with E-state index in [1.165, 1.54) is 25.3 Å². The first-order valence-corrected chi connectivity index (χ1v) is 9.72. The van der Waals surface area contributed by atoms with Gasteiger partial charge in [0.2, 0.25) is 5.91 Å². The predicted octanol–water partition coefficient (Wildman–Crippen LogP) is 3.70. The van der Waals surface area contributed by atoms with Crippen LogP contribution in [0.2, 0.25) is 0 Å². The van der Waals surface area contributed by atoms with Crippen molar-refractivity contribution in [2.45, 2.75) is 63.2 Å². The molecule has 2 atom stereocenters. The quantitative estimate of drug-likeness (QED) is 0.807. The van der Waals surface area contributed by atoms with Gasteiger partial charge in [-0.25, -0.2) is 0 Å². The van der Waals surface area contributed by atoms with Crippen LogP contribution < -0.4 is 5.73 Å². The van der Waals surface area contributed by atoms with Crippen LogP contribution in [0.4, 0.5) is 18.9 Å². The van der Waals surface area contributed by atoms with Crippen molar-refractivity contribution in [1.29, 1.82) is 0 Å². The fourth-order valence-corrected chi connectivity index (χ4v) is 4.45. The third-order valence-corrected chi connectivity index (χ3v) is 6.01. The van der Waals surface area contributed by atoms with Crippen LogP contribution in [0.3, 0.4) is 0 Å². The van der Waals surface area contributed by atoms with Crippen molar-refractivity contribution in [1.82, 2.24) is 9.80 Å². The van der Waals surface area contributed by atoms with Crippen molar-refractivity contribution in [2.24, 2.45) is 0 Å². The molecule has 1 aromatic carbocycles. The molecule has 1 amide bonds. The SMILES string of the molecule is CN(C(=O)Cc1ccc(C(F)(F)F)cc1N)C1CCCCC1N1CCCC1. The van der Waals surface area contributed by atoms with Gasteiger partial charge in [0.15, 0.2) is 0 Å². The Labute approximate surface area is 158 Å². The largest absolute Gasteiger partial charge is 0.416 e. The van der Waals surface area contributed by atoms with Crippen LogP contribution in [-0.2, 0) is 17.4 Å². The average Bonchev–Trinajstić information content (AvgIpc) is 3.16. The molecule has 27 heavy (non-hydrogen) atoms. The zero-order valence-corrected chi connectivity index (χ0v) is 15.8. The summed E-state index contributed by atoms with van der Waals surface area (Å²) >= 11 is 0. The molecule has 3 rings (SSSR count). The highest BCUT2D eigenvalue weighted by Gasteiger charge is 2.36. The van der Waals surface area contributed by atoms with Gasteiger partial charge < -0.3 is 10.6 Å². The first-order valence-electron chi connectivity index (χ1n) is 9.72. The maximum Gasteiger partial charge on any atom is 0.416 e. The molecule has 2 fully saturated rings. The monoisotopic (exact) mass is 383 g/mol. The van der Waals surface area contributed by atoms with Crippen LogP contribution in [-0.4, -0.2) is 47.9 Å². The number of benzene rings is 1. The normalized spacial score (nSPS) is 24.1. The second-order valence-corrected chi connectivity index (χ2v) is 7.76. The smallest absolute Gasteiger partial charge is 0.398 e. The molecule has 1 saturated heterocycles. The van der Waals surface area contributed by atoms with Crippen LogP contribution in [0, 0.1) is 0 Å². The number of nitrogen functional groups attached to an aromatic ring is 1. The summed E-state index contributed by atoms with van der Waals surface area (Å²) in [7, 11) is 1.82. The Bertz CT molecular complexity index is 671. The third-order valence-electron chi connectivity index (χ3n) is 6.01. The van der Waals surface area contributed by atoms with Crippen LogP contribution in [0.25, 0.3) is 0 Å². The first kappa shape index (κ1) is 20.0. The zero-order valence-electron chi connectivity index (χ0n) is 15.8. The Morgan fingerprint density at radius 3 is 2.48 bits per heavy atom. The molecule has 0 bridgehead atoms. The molecule has 2 N–H and O–H groups in total. The van der Waals surface area contributed by atoms with E-state index in [1.54, 1.807) is 4.90 Å². The van der Waals surface area contributed by atoms with Crippen molar-refractivity contribution in [3.05, 3.63) is 29.3 Å². The molecule has 0 aromatic heterocycles. The molecule has 0 radical (unpaired) electrons. The van der Waals surface area contributed by atoms with Gasteiger partial charge in [-0.05, 0) is 56.5 Å². The molecule has 7 heteroatoms. The number of carbonyl (C=O) groups excluding carboxylic acids is 1. The Hall–Kier alpha value is -1.76. The number of halogens is 3. The number of amides is 1. The van der Waals surface area contributed by atoms with Crippen LogP contribution in [0.5, 0.6) is 0 Å². The van der Waals surface area contributed by atoms with E-state index in [-0.39, 0.29) is 24.1 Å². The summed E-state index contributed by atoms with van der Waals surface area (Å²) in [6, 6.07) is 3.78. The van der Waals surface area contributed by atoms with Crippen LogP contribution in [0.1, 0.15) is 49.7 Å². The summed E-state index contributed by atoms with van der Waals surface area (Å²) in [5, 5.41) is 0. The third kappa shape index (κ3) is 4.57. The van der Waals surface area contributed by atoms with Crippen LogP contribution in [0.15, 0.2) is 18.2 Å². The van der Waals surface area contributed by atoms with Gasteiger partial charge >= 0.3 is 6.18 Å². The van der Waals surface area contributed by atoms with Gasteiger partial charge in [-0.1, -0.05) is 18.9 Å². The van der Waals surface area contributed by atoms with Gasteiger partial charge in [0, 0.05) is 24.8 Å². The van der Waals surface area contributed by atoms with Gasteiger partial charge in [0.05, 0.1) is 12.0 Å². The van der Waals surface area contributed by atoms with E-state index in [2.05, 4.69) is 4.90 Å². The number of likely N-dealkylation sites (tertiary alicyclic amines) is 1. The summed E-state index contributed by atoms with van der Waals surface area (Å²) < 4.78 is 38.4. The van der Waals surface area contributed by atoms with Crippen molar-refractivity contribution in [2.75, 3.05) is 25.9 Å². The number of nitrogens with two attached hydrogens (primary N) is 1. The minimum atomic E-state index is -4.43. The highest BCUT2D eigenvalue weighted by molar-refractivity contribution is 5.80. The topological polar surface area (TPSA) is 49.6 Å². The molecule has 2 aliphatic rings. The van der Waals surface area contributed by atoms with E-state index in [1.807, 2.05) is 7.05 Å². The molecular formula is C20H28F3N3O. The summed E-state index contributed by atoms with van der Waals surface area (Å²) in [6.07, 6.45) is 2.39. The standard InChI is InChI=1S/C20H28F3N3O/c1-25(17-6-2-3-7-18(17)26-10-4-5-11-26)19(27)12-14-8-9-15(13-16(14)24)20(21,22)23/h8-9,13,17-18H,2-7,10-12,24H2,1H3. The Balaban J connectivity index is 1.69. The summed E-state index contributed by atoms with van der Waals surface area (Å²) in [5.41, 5.74) is 5.48. The Morgan fingerprint density at radius 1 is 1.19 bits per heavy atom. The van der Waals surface area contributed by atoms with E-state index >= 15 is 0 Å². The summed E-state index contributed by atoms with van der Waals surface area (Å²) in [4.78, 5) is 17.1. The van der Waals surface area contributed by atoms with Crippen molar-refractivity contribution in [3.8, 4) is 0 Å². The Kier molecular flexibility index (Phi) is 5.99. The van der Waals surface area contributed by atoms with Gasteiger partial charge in [-0.15, -0.1) is 0 Å². The van der Waals surface area contributed by atoms with E-state index < -0.39 is 11.7 Å². The Morgan fingerprint density at radius 2 is 1.85 bits per heavy atom. The van der Waals surface area contributed by atoms with Crippen molar-refractivity contribution < 1.29 is 18.0 Å². The first-order chi connectivity index (χ1) is 12.8. The number of likely N-dealkylation sites (N-methyl/N-ethyl adjacent to an activating group) is 1. The summed E-state index contributed by atoms with van der Waals surface area (Å²) in [6.45, 7) is 2.18. The number of hydrogen-bond donors (Lipinski definition) is 1. The van der Waals surface area contributed by atoms with Gasteiger partial charge in [-0.2, -0.15) is 13.2 Å². The van der Waals surface area contributed by atoms with Crippen LogP contribution >= 0.6 is 0 Å². The fourth-order valence-electron chi connectivity index (χ4n) is 4.45. The predicted molar refractivity (Wildman–Crippen MR) is 99.2 cm³/mol. The number of carbonyl (C=O) groups is 1. The number of alkyl halides is 3. The molecule has 1 aliphatic carbocycles. The lowest BCUT2D eigenvalue weighted by Gasteiger charge is -2.42. The molecule has 0 spiro atoms. The summed E-state index contributed by atoms with van der Waals surface area (Å²) in [5.74, 6) is -0.0856.